The highest BCUT2D eigenvalue weighted by molar-refractivity contribution is 7.14. The molecule has 0 aliphatic carbocycles. The van der Waals surface area contributed by atoms with Crippen molar-refractivity contribution >= 4 is 29.0 Å². The maximum Gasteiger partial charge on any atom is 0.263 e. The molecule has 0 spiro atoms. The van der Waals surface area contributed by atoms with Crippen molar-refractivity contribution in [2.75, 3.05) is 18.4 Å². The molecule has 0 aromatic carbocycles. The Morgan fingerprint density at radius 2 is 1.87 bits per heavy atom. The second-order valence-corrected chi connectivity index (χ2v) is 9.97. The third-order valence-electron chi connectivity index (χ3n) is 5.07. The third kappa shape index (κ3) is 7.42. The highest BCUT2D eigenvalue weighted by Gasteiger charge is 2.26. The number of likely N-dealkylation sites (tertiary alicyclic amines) is 1. The van der Waals surface area contributed by atoms with E-state index in [1.165, 1.54) is 11.2 Å². The summed E-state index contributed by atoms with van der Waals surface area (Å²) in [4.78, 5) is 37.5. The summed E-state index contributed by atoms with van der Waals surface area (Å²) in [6.07, 6.45) is 4.64. The SMILES string of the molecule is CC.CCc1ccc(C(=O)N2CCC(c3cc(NC(=O)CC(C)(C)C)ncn3)CC2)s1.[HH]. The highest BCUT2D eigenvalue weighted by atomic mass is 32.1. The van der Waals surface area contributed by atoms with Crippen LogP contribution in [0, 0.1) is 5.41 Å². The second-order valence-electron chi connectivity index (χ2n) is 8.80. The van der Waals surface area contributed by atoms with Crippen LogP contribution in [0.3, 0.4) is 0 Å². The Kier molecular flexibility index (Phi) is 9.16. The number of nitrogens with one attached hydrogen (secondary N) is 1. The molecular formula is C24H38N4O2S. The summed E-state index contributed by atoms with van der Waals surface area (Å²) in [6.45, 7) is 13.6. The van der Waals surface area contributed by atoms with Gasteiger partial charge < -0.3 is 10.2 Å². The van der Waals surface area contributed by atoms with E-state index in [0.717, 1.165) is 42.9 Å². The molecule has 7 heteroatoms. The zero-order valence-electron chi connectivity index (χ0n) is 19.7. The Hall–Kier alpha value is -2.28. The smallest absolute Gasteiger partial charge is 0.263 e. The maximum absolute atomic E-state index is 12.7. The minimum absolute atomic E-state index is 0. The largest absolute Gasteiger partial charge is 0.338 e. The predicted octanol–water partition coefficient (Wildman–Crippen LogP) is 5.77. The predicted molar refractivity (Wildman–Crippen MR) is 130 cm³/mol. The lowest BCUT2D eigenvalue weighted by Crippen LogP contribution is -2.37. The number of hydrogen-bond acceptors (Lipinski definition) is 5. The molecule has 3 rings (SSSR count). The van der Waals surface area contributed by atoms with Crippen molar-refractivity contribution in [1.82, 2.24) is 14.9 Å². The number of carbonyl (C=O) groups is 2. The number of aryl methyl sites for hydroxylation is 1. The second kappa shape index (κ2) is 11.4. The van der Waals surface area contributed by atoms with Gasteiger partial charge in [-0.2, -0.15) is 0 Å². The molecule has 1 saturated heterocycles. The Bertz CT molecular complexity index is 871. The first-order valence-corrected chi connectivity index (χ1v) is 12.1. The van der Waals surface area contributed by atoms with Gasteiger partial charge in [0.1, 0.15) is 12.1 Å². The molecule has 2 aromatic heterocycles. The first-order valence-electron chi connectivity index (χ1n) is 11.2. The standard InChI is InChI=1S/C22H30N4O2S.C2H6.H2/c1-5-16-6-7-18(29-16)21(28)26-10-8-15(9-11-26)17-12-19(24-14-23-17)25-20(27)13-22(2,3)4;1-2;/h6-7,12,14-15H,5,8-11,13H2,1-4H3,(H,23,24,25,27);1-2H3;1H. The molecule has 1 fully saturated rings. The Balaban J connectivity index is 0.00000166. The van der Waals surface area contributed by atoms with Crippen LogP contribution >= 0.6 is 11.3 Å². The molecule has 6 nitrogen and oxygen atoms in total. The van der Waals surface area contributed by atoms with Crippen LogP contribution in [-0.4, -0.2) is 39.8 Å². The summed E-state index contributed by atoms with van der Waals surface area (Å²) in [6, 6.07) is 5.85. The number of carbonyl (C=O) groups excluding carboxylic acids is 2. The number of thiophene rings is 1. The quantitative estimate of drug-likeness (QED) is 0.633. The van der Waals surface area contributed by atoms with Crippen LogP contribution in [0.5, 0.6) is 0 Å². The summed E-state index contributed by atoms with van der Waals surface area (Å²) in [5, 5.41) is 2.88. The minimum Gasteiger partial charge on any atom is -0.338 e. The maximum atomic E-state index is 12.7. The summed E-state index contributed by atoms with van der Waals surface area (Å²) in [5.41, 5.74) is 0.863. The molecule has 2 amide bonds. The third-order valence-corrected chi connectivity index (χ3v) is 6.29. The van der Waals surface area contributed by atoms with E-state index in [-0.39, 0.29) is 24.6 Å². The molecule has 1 N–H and O–H groups in total. The summed E-state index contributed by atoms with van der Waals surface area (Å²) < 4.78 is 0. The van der Waals surface area contributed by atoms with Gasteiger partial charge in [-0.25, -0.2) is 9.97 Å². The number of hydrogen-bond donors (Lipinski definition) is 1. The molecule has 3 heterocycles. The van der Waals surface area contributed by atoms with Gasteiger partial charge in [0.25, 0.3) is 5.91 Å². The molecule has 0 bridgehead atoms. The van der Waals surface area contributed by atoms with E-state index in [2.05, 4.69) is 22.2 Å². The van der Waals surface area contributed by atoms with Crippen LogP contribution in [-0.2, 0) is 11.2 Å². The minimum atomic E-state index is -0.0697. The van der Waals surface area contributed by atoms with Crippen LogP contribution < -0.4 is 5.32 Å². The number of piperidine rings is 1. The van der Waals surface area contributed by atoms with Crippen LogP contribution in [0.1, 0.15) is 88.4 Å². The Morgan fingerprint density at radius 3 is 2.45 bits per heavy atom. The van der Waals surface area contributed by atoms with Crippen molar-refractivity contribution in [2.45, 2.75) is 73.1 Å². The average Bonchev–Trinajstić information content (AvgIpc) is 3.23. The molecule has 31 heavy (non-hydrogen) atoms. The molecule has 1 aliphatic rings. The van der Waals surface area contributed by atoms with E-state index in [9.17, 15) is 9.59 Å². The number of amides is 2. The number of aromatic nitrogens is 2. The van der Waals surface area contributed by atoms with E-state index >= 15 is 0 Å². The lowest BCUT2D eigenvalue weighted by Gasteiger charge is -2.31. The van der Waals surface area contributed by atoms with Crippen molar-refractivity contribution in [3.8, 4) is 0 Å². The van der Waals surface area contributed by atoms with E-state index in [0.29, 0.717) is 12.2 Å². The first-order chi connectivity index (χ1) is 14.7. The molecule has 172 valence electrons. The average molecular weight is 447 g/mol. The van der Waals surface area contributed by atoms with E-state index < -0.39 is 0 Å². The summed E-state index contributed by atoms with van der Waals surface area (Å²) in [5.74, 6) is 0.916. The zero-order valence-corrected chi connectivity index (χ0v) is 20.5. The zero-order chi connectivity index (χ0) is 23.0. The van der Waals surface area contributed by atoms with Gasteiger partial charge in [-0.05, 0) is 36.8 Å². The lowest BCUT2D eigenvalue weighted by atomic mass is 9.92. The molecule has 0 atom stereocenters. The van der Waals surface area contributed by atoms with Crippen LogP contribution in [0.25, 0.3) is 0 Å². The first kappa shape index (κ1) is 25.0. The van der Waals surface area contributed by atoms with Gasteiger partial charge in [-0.15, -0.1) is 11.3 Å². The van der Waals surface area contributed by atoms with E-state index in [4.69, 9.17) is 0 Å². The van der Waals surface area contributed by atoms with Crippen LogP contribution in [0.15, 0.2) is 24.5 Å². The molecule has 0 saturated carbocycles. The molecule has 0 radical (unpaired) electrons. The normalized spacial score (nSPS) is 14.6. The van der Waals surface area contributed by atoms with Gasteiger partial charge in [0, 0.05) is 43.5 Å². The van der Waals surface area contributed by atoms with Gasteiger partial charge in [0.05, 0.1) is 4.88 Å². The number of anilines is 1. The topological polar surface area (TPSA) is 75.2 Å². The highest BCUT2D eigenvalue weighted by Crippen LogP contribution is 2.29. The fraction of sp³-hybridized carbons (Fsp3) is 0.583. The Morgan fingerprint density at radius 1 is 1.19 bits per heavy atom. The van der Waals surface area contributed by atoms with Crippen molar-refractivity contribution in [1.29, 1.82) is 0 Å². The number of rotatable bonds is 5. The van der Waals surface area contributed by atoms with Gasteiger partial charge in [-0.1, -0.05) is 41.5 Å². The van der Waals surface area contributed by atoms with E-state index in [1.807, 2.05) is 57.7 Å². The van der Waals surface area contributed by atoms with Crippen LogP contribution in [0.2, 0.25) is 0 Å². The monoisotopic (exact) mass is 446 g/mol. The van der Waals surface area contributed by atoms with Gasteiger partial charge in [0.15, 0.2) is 0 Å². The van der Waals surface area contributed by atoms with Crippen molar-refractivity contribution in [2.24, 2.45) is 5.41 Å². The lowest BCUT2D eigenvalue weighted by molar-refractivity contribution is -0.117. The molecular weight excluding hydrogens is 408 g/mol. The fourth-order valence-electron chi connectivity index (χ4n) is 3.55. The van der Waals surface area contributed by atoms with Crippen LogP contribution in [0.4, 0.5) is 5.82 Å². The summed E-state index contributed by atoms with van der Waals surface area (Å²) in [7, 11) is 0. The van der Waals surface area contributed by atoms with Gasteiger partial charge >= 0.3 is 0 Å². The summed E-state index contributed by atoms with van der Waals surface area (Å²) >= 11 is 1.59. The molecule has 0 unspecified atom stereocenters. The van der Waals surface area contributed by atoms with E-state index in [1.54, 1.807) is 11.3 Å². The fourth-order valence-corrected chi connectivity index (χ4v) is 4.47. The van der Waals surface area contributed by atoms with Gasteiger partial charge in [0.2, 0.25) is 5.91 Å². The van der Waals surface area contributed by atoms with Crippen molar-refractivity contribution < 1.29 is 11.0 Å². The van der Waals surface area contributed by atoms with Crippen molar-refractivity contribution in [3.05, 3.63) is 40.0 Å². The van der Waals surface area contributed by atoms with Gasteiger partial charge in [-0.3, -0.25) is 9.59 Å². The molecule has 1 aliphatic heterocycles. The molecule has 2 aromatic rings. The van der Waals surface area contributed by atoms with Crippen molar-refractivity contribution in [3.63, 3.8) is 0 Å². The number of nitrogens with zero attached hydrogens (tertiary/aromatic N) is 3. The Labute approximate surface area is 192 Å².